The quantitative estimate of drug-likeness (QED) is 0.0227. The molecule has 27 heteroatoms. The molecule has 20 nitrogen and oxygen atoms in total. The van der Waals surface area contributed by atoms with E-state index >= 15 is 0 Å². The van der Waals surface area contributed by atoms with Crippen LogP contribution in [-0.2, 0) is 74.4 Å². The van der Waals surface area contributed by atoms with Crippen molar-refractivity contribution in [2.24, 2.45) is 0 Å². The molecule has 0 aliphatic carbocycles. The van der Waals surface area contributed by atoms with Gasteiger partial charge < -0.3 is 49.4 Å². The standard InChI is InChI=1S/C26H26N4O6S3.C26H25N4O5S3.Na.H2O/c1-36-26(32)29-21(15-17-6-3-2-4-7-17)24(31)27-20(22-16-38-25(28-22)23-8-5-13-37-23)14-18-9-11-19(12-10-18)30-39(33,34)35;1-35-26(32)29-21(15-17-6-3-2-4-7-17)24(31)27-20(14-18-9-11-19(12-10-18)30-38(33)34)22-16-37-25(28-22)23-8-5-13-36-23;;/h2-13,16,20-21,30H,14-15H2,1H3,(H,27,31)(H,29,32)(H,33,34,35);2-13,16,20-21H,14-15H2,1H3,(H,27,31)(H,29,32)(H,30,33,34);;1H2/q;-1;+1;/p-1. The van der Waals surface area contributed by atoms with Crippen LogP contribution in [0.1, 0.15) is 45.7 Å². The largest absolute Gasteiger partial charge is 1.00 e. The number of aromatic nitrogens is 2. The van der Waals surface area contributed by atoms with Crippen molar-refractivity contribution in [3.05, 3.63) is 189 Å². The Morgan fingerprint density at radius 3 is 1.29 bits per heavy atom. The van der Waals surface area contributed by atoms with Crippen molar-refractivity contribution in [2.75, 3.05) is 23.7 Å². The number of thiophene rings is 2. The van der Waals surface area contributed by atoms with E-state index in [0.29, 0.717) is 29.9 Å². The summed E-state index contributed by atoms with van der Waals surface area (Å²) in [6.07, 6.45) is -0.165. The van der Waals surface area contributed by atoms with Gasteiger partial charge in [0.1, 0.15) is 22.1 Å². The summed E-state index contributed by atoms with van der Waals surface area (Å²) < 4.78 is 66.9. The molecule has 4 unspecified atom stereocenters. The van der Waals surface area contributed by atoms with Gasteiger partial charge in [0.05, 0.1) is 53.1 Å². The molecule has 4 aromatic heterocycles. The summed E-state index contributed by atoms with van der Waals surface area (Å²) in [7, 11) is -4.34. The summed E-state index contributed by atoms with van der Waals surface area (Å²) in [5, 5.41) is 20.7. The van der Waals surface area contributed by atoms with Crippen molar-refractivity contribution in [3.63, 3.8) is 0 Å². The third kappa shape index (κ3) is 20.2. The van der Waals surface area contributed by atoms with Gasteiger partial charge in [0.15, 0.2) is 0 Å². The maximum atomic E-state index is 13.5. The van der Waals surface area contributed by atoms with Gasteiger partial charge >= 0.3 is 52.0 Å². The fourth-order valence-corrected chi connectivity index (χ4v) is 11.7. The van der Waals surface area contributed by atoms with Crippen LogP contribution < -0.4 is 60.3 Å². The SMILES string of the molecule is COC(=O)NC(Cc1ccccc1)C(=O)NC(Cc1ccc(NS(=O)(=O)O)cc1)c1csc(-c2cccs2)n1.COC(=O)NC(Cc1ccccc1)C(=O)NC(Cc1ccc(N[S-](=O)=O)cc1)c1csc(-c2cccs2)n1.[Na+].[OH-]. The minimum Gasteiger partial charge on any atom is -0.870 e. The van der Waals surface area contributed by atoms with Gasteiger partial charge in [-0.2, -0.15) is 8.42 Å². The second-order valence-electron chi connectivity index (χ2n) is 16.7. The Kier molecular flexibility index (Phi) is 25.1. The Hall–Kier alpha value is -6.56. The van der Waals surface area contributed by atoms with Crippen molar-refractivity contribution >= 4 is 102 Å². The van der Waals surface area contributed by atoms with Gasteiger partial charge in [0.2, 0.25) is 11.8 Å². The molecule has 4 heterocycles. The average molecular weight is 1200 g/mol. The van der Waals surface area contributed by atoms with Crippen LogP contribution in [0.2, 0.25) is 0 Å². The van der Waals surface area contributed by atoms with E-state index in [-0.39, 0.29) is 59.5 Å². The number of thiazole rings is 2. The van der Waals surface area contributed by atoms with E-state index in [1.807, 2.05) is 111 Å². The Labute approximate surface area is 496 Å². The molecule has 79 heavy (non-hydrogen) atoms. The molecular weight excluding hydrogens is 1140 g/mol. The van der Waals surface area contributed by atoms with Gasteiger partial charge in [-0.1, -0.05) is 97.1 Å². The van der Waals surface area contributed by atoms with Crippen LogP contribution in [0.15, 0.2) is 155 Å². The molecule has 0 saturated heterocycles. The molecule has 0 aliphatic heterocycles. The zero-order valence-electron chi connectivity index (χ0n) is 42.5. The Morgan fingerprint density at radius 2 is 0.937 bits per heavy atom. The molecule has 0 fully saturated rings. The van der Waals surface area contributed by atoms with Crippen molar-refractivity contribution < 1.29 is 85.1 Å². The smallest absolute Gasteiger partial charge is 0.870 e. The first-order valence-corrected chi connectivity index (χ1v) is 29.3. The van der Waals surface area contributed by atoms with Gasteiger partial charge in [-0.25, -0.2) is 19.6 Å². The summed E-state index contributed by atoms with van der Waals surface area (Å²) in [6, 6.07) is 37.0. The average Bonchev–Trinajstić information content (AvgIpc) is 4.32. The van der Waals surface area contributed by atoms with Crippen LogP contribution in [0.5, 0.6) is 0 Å². The minimum absolute atomic E-state index is 0. The van der Waals surface area contributed by atoms with Crippen LogP contribution in [0.25, 0.3) is 19.8 Å². The molecular formula is C52H52N8NaO12S6-. The number of nitrogens with zero attached hydrogens (tertiary/aromatic N) is 2. The number of amides is 4. The fourth-order valence-electron chi connectivity index (χ4n) is 7.58. The fraction of sp³-hybridized carbons (Fsp3) is 0.192. The number of methoxy groups -OCH3 is 2. The third-order valence-corrected chi connectivity index (χ3v) is 15.9. The van der Waals surface area contributed by atoms with E-state index in [2.05, 4.69) is 26.0 Å². The van der Waals surface area contributed by atoms with Crippen LogP contribution >= 0.6 is 45.3 Å². The first kappa shape index (κ1) is 63.3. The van der Waals surface area contributed by atoms with Crippen LogP contribution in [0, 0.1) is 0 Å². The molecule has 0 saturated carbocycles. The summed E-state index contributed by atoms with van der Waals surface area (Å²) in [4.78, 5) is 62.7. The summed E-state index contributed by atoms with van der Waals surface area (Å²) >= 11 is 6.09. The van der Waals surface area contributed by atoms with Gasteiger partial charge in [0, 0.05) is 40.2 Å². The topological polar surface area (TPSA) is 303 Å². The molecule has 0 aliphatic rings. The van der Waals surface area contributed by atoms with Crippen LogP contribution in [-0.4, -0.2) is 78.7 Å². The van der Waals surface area contributed by atoms with Crippen molar-refractivity contribution in [2.45, 2.75) is 49.9 Å². The van der Waals surface area contributed by atoms with Gasteiger partial charge in [-0.3, -0.25) is 18.9 Å². The number of hydrogen-bond donors (Lipinski definition) is 7. The molecule has 8 N–H and O–H groups in total. The zero-order chi connectivity index (χ0) is 54.7. The number of carbonyl (C=O) groups is 4. The normalized spacial score (nSPS) is 12.3. The number of rotatable bonds is 22. The predicted octanol–water partition coefficient (Wildman–Crippen LogP) is 6.16. The second-order valence-corrected chi connectivity index (χ2v) is 22.1. The van der Waals surface area contributed by atoms with Crippen molar-refractivity contribution in [1.29, 1.82) is 0 Å². The number of carbonyl (C=O) groups excluding carboxylic acids is 4. The maximum Gasteiger partial charge on any atom is 1.00 e. The van der Waals surface area contributed by atoms with Crippen LogP contribution in [0.3, 0.4) is 0 Å². The number of nitrogens with one attached hydrogen (secondary N) is 6. The number of anilines is 2. The minimum atomic E-state index is -4.40. The summed E-state index contributed by atoms with van der Waals surface area (Å²) in [6.45, 7) is 0. The first-order chi connectivity index (χ1) is 37.1. The molecule has 0 radical (unpaired) electrons. The Balaban J connectivity index is 0.000000284. The Morgan fingerprint density at radius 1 is 0.544 bits per heavy atom. The summed E-state index contributed by atoms with van der Waals surface area (Å²) in [5.41, 5.74) is 5.35. The number of alkyl carbamates (subject to hydrolysis) is 2. The number of ether oxygens (including phenoxy) is 2. The van der Waals surface area contributed by atoms with Crippen molar-refractivity contribution in [3.8, 4) is 19.8 Å². The van der Waals surface area contributed by atoms with E-state index in [1.54, 1.807) is 59.1 Å². The van der Waals surface area contributed by atoms with Crippen molar-refractivity contribution in [1.82, 2.24) is 31.2 Å². The number of hydrogen-bond acceptors (Lipinski definition) is 18. The van der Waals surface area contributed by atoms with E-state index in [9.17, 15) is 36.0 Å². The monoisotopic (exact) mass is 1200 g/mol. The van der Waals surface area contributed by atoms with Gasteiger partial charge in [-0.05, 0) is 82.3 Å². The van der Waals surface area contributed by atoms with E-state index in [1.165, 1.54) is 49.0 Å². The molecule has 8 aromatic rings. The zero-order valence-corrected chi connectivity index (χ0v) is 49.4. The molecule has 0 spiro atoms. The second kappa shape index (κ2) is 31.3. The van der Waals surface area contributed by atoms with Gasteiger partial charge in [-0.15, -0.1) is 45.3 Å². The molecule has 410 valence electrons. The first-order valence-electron chi connectivity index (χ1n) is 23.3. The molecule has 4 atom stereocenters. The van der Waals surface area contributed by atoms with Crippen LogP contribution in [0.4, 0.5) is 21.0 Å². The van der Waals surface area contributed by atoms with Gasteiger partial charge in [0.25, 0.3) is 0 Å². The third-order valence-electron chi connectivity index (χ3n) is 11.2. The predicted molar refractivity (Wildman–Crippen MR) is 301 cm³/mol. The molecule has 4 amide bonds. The number of benzene rings is 4. The molecule has 4 aromatic carbocycles. The maximum absolute atomic E-state index is 13.5. The van der Waals surface area contributed by atoms with E-state index in [4.69, 9.17) is 24.0 Å². The Bertz CT molecular complexity index is 3360. The van der Waals surface area contributed by atoms with E-state index in [0.717, 1.165) is 42.0 Å². The molecule has 8 rings (SSSR count). The summed E-state index contributed by atoms with van der Waals surface area (Å²) in [5.74, 6) is -0.792. The molecule has 0 bridgehead atoms. The van der Waals surface area contributed by atoms with E-state index < -0.39 is 63.5 Å².